The molecule has 0 bridgehead atoms. The molecule has 2 heterocycles. The van der Waals surface area contributed by atoms with E-state index in [0.717, 1.165) is 22.6 Å². The minimum Gasteiger partial charge on any atom is -0.416 e. The zero-order valence-corrected chi connectivity index (χ0v) is 18.4. The lowest BCUT2D eigenvalue weighted by Crippen LogP contribution is -2.14. The highest BCUT2D eigenvalue weighted by molar-refractivity contribution is 7.99. The molecular formula is C22H22N4O2S2. The lowest BCUT2D eigenvalue weighted by atomic mass is 10.0. The number of carbonyl (C=O) groups excluding carboxylic acids is 1. The Bertz CT molecular complexity index is 1100. The molecule has 4 aromatic rings. The minimum atomic E-state index is -0.105. The molecule has 154 valence electrons. The van der Waals surface area contributed by atoms with Crippen molar-refractivity contribution >= 4 is 44.9 Å². The molecule has 0 aliphatic heterocycles. The Morgan fingerprint density at radius 3 is 2.67 bits per heavy atom. The molecule has 30 heavy (non-hydrogen) atoms. The number of thiazole rings is 1. The van der Waals surface area contributed by atoms with Crippen LogP contribution in [0.15, 0.2) is 58.2 Å². The number of anilines is 1. The highest BCUT2D eigenvalue weighted by atomic mass is 32.2. The number of rotatable bonds is 8. The topological polar surface area (TPSA) is 80.9 Å². The highest BCUT2D eigenvalue weighted by Gasteiger charge is 2.12. The van der Waals surface area contributed by atoms with Crippen molar-refractivity contribution in [2.75, 3.05) is 11.1 Å². The Hall–Kier alpha value is -2.71. The van der Waals surface area contributed by atoms with Crippen LogP contribution in [-0.4, -0.2) is 26.8 Å². The van der Waals surface area contributed by atoms with Crippen molar-refractivity contribution in [1.82, 2.24) is 15.2 Å². The highest BCUT2D eigenvalue weighted by Crippen LogP contribution is 2.23. The summed E-state index contributed by atoms with van der Waals surface area (Å²) >= 11 is 2.92. The molecule has 0 fully saturated rings. The summed E-state index contributed by atoms with van der Waals surface area (Å²) in [5, 5.41) is 12.4. The molecule has 0 spiro atoms. The van der Waals surface area contributed by atoms with Crippen LogP contribution >= 0.6 is 23.1 Å². The maximum atomic E-state index is 12.2. The number of amides is 1. The third kappa shape index (κ3) is 5.25. The number of benzene rings is 2. The summed E-state index contributed by atoms with van der Waals surface area (Å²) in [6.07, 6.45) is 1.38. The lowest BCUT2D eigenvalue weighted by Gasteiger charge is -2.07. The zero-order chi connectivity index (χ0) is 20.9. The van der Waals surface area contributed by atoms with Crippen LogP contribution in [0, 0.1) is 0 Å². The van der Waals surface area contributed by atoms with E-state index in [4.69, 9.17) is 4.42 Å². The molecule has 0 saturated carbocycles. The Labute approximate surface area is 183 Å². The van der Waals surface area contributed by atoms with E-state index in [1.54, 1.807) is 11.3 Å². The Kier molecular flexibility index (Phi) is 6.44. The van der Waals surface area contributed by atoms with Crippen LogP contribution in [0.5, 0.6) is 0 Å². The molecule has 2 aromatic heterocycles. The van der Waals surface area contributed by atoms with Gasteiger partial charge in [0.05, 0.1) is 21.0 Å². The van der Waals surface area contributed by atoms with Crippen molar-refractivity contribution in [2.24, 2.45) is 0 Å². The standard InChI is InChI=1S/C22H22N4O2S2/c1-14(2)15-7-9-16(10-8-15)23-19(27)13-29-22-26-25-20(28-22)11-12-21-24-17-5-3-4-6-18(17)30-21/h3-10,14H,11-13H2,1-2H3,(H,23,27). The second kappa shape index (κ2) is 9.40. The number of aryl methyl sites for hydroxylation is 2. The second-order valence-corrected chi connectivity index (χ2v) is 9.19. The number of nitrogens with zero attached hydrogens (tertiary/aromatic N) is 3. The molecule has 0 saturated heterocycles. The predicted molar refractivity (Wildman–Crippen MR) is 121 cm³/mol. The normalized spacial score (nSPS) is 11.3. The summed E-state index contributed by atoms with van der Waals surface area (Å²) in [7, 11) is 0. The minimum absolute atomic E-state index is 0.105. The van der Waals surface area contributed by atoms with Crippen LogP contribution in [0.3, 0.4) is 0 Å². The summed E-state index contributed by atoms with van der Waals surface area (Å²) in [6.45, 7) is 4.28. The van der Waals surface area contributed by atoms with E-state index in [0.29, 0.717) is 23.5 Å². The largest absolute Gasteiger partial charge is 0.416 e. The fraction of sp³-hybridized carbons (Fsp3) is 0.273. The van der Waals surface area contributed by atoms with E-state index in [9.17, 15) is 4.79 Å². The Balaban J connectivity index is 1.25. The Morgan fingerprint density at radius 2 is 1.90 bits per heavy atom. The smallest absolute Gasteiger partial charge is 0.277 e. The molecule has 8 heteroatoms. The summed E-state index contributed by atoms with van der Waals surface area (Å²) in [5.74, 6) is 1.13. The van der Waals surface area contributed by atoms with Gasteiger partial charge in [-0.1, -0.05) is 49.9 Å². The van der Waals surface area contributed by atoms with Crippen LogP contribution in [0.4, 0.5) is 5.69 Å². The molecule has 2 aromatic carbocycles. The van der Waals surface area contributed by atoms with Gasteiger partial charge in [0.1, 0.15) is 0 Å². The fourth-order valence-corrected chi connectivity index (χ4v) is 4.46. The number of hydrogen-bond donors (Lipinski definition) is 1. The van der Waals surface area contributed by atoms with Gasteiger partial charge >= 0.3 is 0 Å². The summed E-state index contributed by atoms with van der Waals surface area (Å²) in [5.41, 5.74) is 3.04. The summed E-state index contributed by atoms with van der Waals surface area (Å²) in [6, 6.07) is 16.0. The second-order valence-electron chi connectivity index (χ2n) is 7.15. The van der Waals surface area contributed by atoms with Crippen LogP contribution in [-0.2, 0) is 17.6 Å². The van der Waals surface area contributed by atoms with Gasteiger partial charge in [-0.25, -0.2) is 4.98 Å². The number of nitrogens with one attached hydrogen (secondary N) is 1. The molecule has 0 aliphatic rings. The van der Waals surface area contributed by atoms with Gasteiger partial charge in [-0.2, -0.15) is 0 Å². The first kappa shape index (κ1) is 20.6. The number of thioether (sulfide) groups is 1. The molecule has 1 amide bonds. The molecule has 0 atom stereocenters. The van der Waals surface area contributed by atoms with Crippen molar-refractivity contribution < 1.29 is 9.21 Å². The van der Waals surface area contributed by atoms with Gasteiger partial charge in [-0.3, -0.25) is 4.79 Å². The first-order valence-electron chi connectivity index (χ1n) is 9.76. The Morgan fingerprint density at radius 1 is 1.10 bits per heavy atom. The van der Waals surface area contributed by atoms with Crippen molar-refractivity contribution in [2.45, 2.75) is 37.8 Å². The van der Waals surface area contributed by atoms with E-state index in [-0.39, 0.29) is 11.7 Å². The van der Waals surface area contributed by atoms with Gasteiger partial charge in [0.2, 0.25) is 11.8 Å². The first-order valence-corrected chi connectivity index (χ1v) is 11.6. The van der Waals surface area contributed by atoms with E-state index < -0.39 is 0 Å². The monoisotopic (exact) mass is 438 g/mol. The fourth-order valence-electron chi connectivity index (χ4n) is 2.91. The maximum absolute atomic E-state index is 12.2. The molecule has 1 N–H and O–H groups in total. The van der Waals surface area contributed by atoms with Crippen LogP contribution in [0.25, 0.3) is 10.2 Å². The number of hydrogen-bond acceptors (Lipinski definition) is 7. The third-order valence-electron chi connectivity index (χ3n) is 4.53. The van der Waals surface area contributed by atoms with Gasteiger partial charge in [0, 0.05) is 18.5 Å². The molecule has 0 unspecified atom stereocenters. The number of aromatic nitrogens is 3. The first-order chi connectivity index (χ1) is 14.6. The molecule has 4 rings (SSSR count). The van der Waals surface area contributed by atoms with Crippen molar-refractivity contribution in [3.8, 4) is 0 Å². The molecule has 6 nitrogen and oxygen atoms in total. The van der Waals surface area contributed by atoms with Crippen LogP contribution < -0.4 is 5.32 Å². The zero-order valence-electron chi connectivity index (χ0n) is 16.8. The summed E-state index contributed by atoms with van der Waals surface area (Å²) in [4.78, 5) is 16.8. The molecular weight excluding hydrogens is 416 g/mol. The maximum Gasteiger partial charge on any atom is 0.277 e. The van der Waals surface area contributed by atoms with Crippen LogP contribution in [0.2, 0.25) is 0 Å². The average molecular weight is 439 g/mol. The van der Waals surface area contributed by atoms with Crippen molar-refractivity contribution in [3.05, 3.63) is 65.0 Å². The van der Waals surface area contributed by atoms with E-state index >= 15 is 0 Å². The molecule has 0 radical (unpaired) electrons. The van der Waals surface area contributed by atoms with Crippen LogP contribution in [0.1, 0.15) is 36.2 Å². The summed E-state index contributed by atoms with van der Waals surface area (Å²) < 4.78 is 6.84. The van der Waals surface area contributed by atoms with Crippen molar-refractivity contribution in [1.29, 1.82) is 0 Å². The SMILES string of the molecule is CC(C)c1ccc(NC(=O)CSc2nnc(CCc3nc4ccccc4s3)o2)cc1. The quantitative estimate of drug-likeness (QED) is 0.375. The van der Waals surface area contributed by atoms with E-state index in [1.807, 2.05) is 42.5 Å². The van der Waals surface area contributed by atoms with Gasteiger partial charge in [-0.05, 0) is 35.7 Å². The van der Waals surface area contributed by atoms with Gasteiger partial charge in [0.15, 0.2) is 0 Å². The van der Waals surface area contributed by atoms with Gasteiger partial charge < -0.3 is 9.73 Å². The number of fused-ring (bicyclic) bond motifs is 1. The van der Waals surface area contributed by atoms with Gasteiger partial charge in [0.25, 0.3) is 5.22 Å². The van der Waals surface area contributed by atoms with Crippen molar-refractivity contribution in [3.63, 3.8) is 0 Å². The van der Waals surface area contributed by atoms with Gasteiger partial charge in [-0.15, -0.1) is 21.5 Å². The lowest BCUT2D eigenvalue weighted by molar-refractivity contribution is -0.113. The third-order valence-corrected chi connectivity index (χ3v) is 6.44. The van der Waals surface area contributed by atoms with E-state index in [2.05, 4.69) is 40.4 Å². The van der Waals surface area contributed by atoms with E-state index in [1.165, 1.54) is 22.0 Å². The predicted octanol–water partition coefficient (Wildman–Crippen LogP) is 5.32. The number of carbonyl (C=O) groups is 1. The number of para-hydroxylation sites is 1. The molecule has 0 aliphatic carbocycles. The average Bonchev–Trinajstić information content (AvgIpc) is 3.37.